The van der Waals surface area contributed by atoms with E-state index in [1.165, 1.54) is 16.9 Å². The Kier molecular flexibility index (Phi) is 4.69. The van der Waals surface area contributed by atoms with E-state index < -0.39 is 5.82 Å². The van der Waals surface area contributed by atoms with Crippen molar-refractivity contribution in [1.29, 1.82) is 0 Å². The van der Waals surface area contributed by atoms with Crippen LogP contribution in [-0.2, 0) is 6.54 Å². The highest BCUT2D eigenvalue weighted by atomic mass is 32.1. The summed E-state index contributed by atoms with van der Waals surface area (Å²) in [6, 6.07) is 3.77. The van der Waals surface area contributed by atoms with Crippen LogP contribution in [0.1, 0.15) is 28.6 Å². The number of nitrogen functional groups attached to an aromatic ring is 1. The fourth-order valence-electron chi connectivity index (χ4n) is 3.56. The summed E-state index contributed by atoms with van der Waals surface area (Å²) in [6.45, 7) is 2.14. The molecule has 2 saturated carbocycles. The van der Waals surface area contributed by atoms with Crippen LogP contribution in [0.15, 0.2) is 23.9 Å². The highest BCUT2D eigenvalue weighted by Crippen LogP contribution is 2.71. The summed E-state index contributed by atoms with van der Waals surface area (Å²) in [7, 11) is 1.61. The summed E-state index contributed by atoms with van der Waals surface area (Å²) in [5.74, 6) is -0.169. The van der Waals surface area contributed by atoms with Crippen molar-refractivity contribution in [3.05, 3.63) is 45.4 Å². The summed E-state index contributed by atoms with van der Waals surface area (Å²) < 4.78 is 25.9. The number of halogens is 1. The monoisotopic (exact) mass is 441 g/mol. The number of nitrogens with zero attached hydrogens (tertiary/aromatic N) is 5. The van der Waals surface area contributed by atoms with Crippen molar-refractivity contribution in [3.63, 3.8) is 0 Å². The third kappa shape index (κ3) is 3.88. The summed E-state index contributed by atoms with van der Waals surface area (Å²) >= 11 is 1.42. The third-order valence-electron chi connectivity index (χ3n) is 5.41. The Balaban J connectivity index is 1.26. The van der Waals surface area contributed by atoms with Crippen LogP contribution >= 0.6 is 11.3 Å². The molecular formula is C20H20FN7O2S. The smallest absolute Gasteiger partial charge is 0.257 e. The van der Waals surface area contributed by atoms with Gasteiger partial charge in [0.2, 0.25) is 11.8 Å². The molecule has 0 bridgehead atoms. The summed E-state index contributed by atoms with van der Waals surface area (Å²) in [4.78, 5) is 12.3. The van der Waals surface area contributed by atoms with Crippen LogP contribution in [0.5, 0.6) is 11.6 Å². The fraction of sp³-hybridized carbons (Fsp3) is 0.350. The Morgan fingerprint density at radius 2 is 2.23 bits per heavy atom. The number of hydrogen-bond acceptors (Lipinski definition) is 10. The van der Waals surface area contributed by atoms with Crippen LogP contribution in [0.4, 0.5) is 16.2 Å². The number of aromatic nitrogens is 5. The molecule has 0 aromatic carbocycles. The maximum absolute atomic E-state index is 14.9. The molecule has 0 amide bonds. The maximum Gasteiger partial charge on any atom is 0.257 e. The van der Waals surface area contributed by atoms with E-state index in [-0.39, 0.29) is 35.7 Å². The van der Waals surface area contributed by atoms with E-state index >= 15 is 0 Å². The molecule has 31 heavy (non-hydrogen) atoms. The van der Waals surface area contributed by atoms with Crippen molar-refractivity contribution in [3.8, 4) is 11.6 Å². The van der Waals surface area contributed by atoms with Crippen LogP contribution in [0.2, 0.25) is 0 Å². The number of pyridine rings is 1. The molecule has 3 N–H and O–H groups in total. The quantitative estimate of drug-likeness (QED) is 0.570. The molecule has 2 atom stereocenters. The van der Waals surface area contributed by atoms with Crippen LogP contribution < -0.4 is 20.5 Å². The first-order valence-electron chi connectivity index (χ1n) is 9.70. The largest absolute Gasteiger partial charge is 0.495 e. The number of hydrogen-bond donors (Lipinski definition) is 2. The summed E-state index contributed by atoms with van der Waals surface area (Å²) in [5, 5.41) is 12.4. The average molecular weight is 441 g/mol. The Hall–Kier alpha value is -3.34. The van der Waals surface area contributed by atoms with Gasteiger partial charge in [0.15, 0.2) is 5.82 Å². The van der Waals surface area contributed by atoms with Crippen molar-refractivity contribution in [2.45, 2.75) is 32.4 Å². The van der Waals surface area contributed by atoms with Gasteiger partial charge in [0.1, 0.15) is 21.9 Å². The first-order chi connectivity index (χ1) is 15.0. The van der Waals surface area contributed by atoms with Crippen LogP contribution in [-0.4, -0.2) is 38.4 Å². The predicted octanol–water partition coefficient (Wildman–Crippen LogP) is 3.00. The lowest BCUT2D eigenvalue weighted by Crippen LogP contribution is -2.11. The molecule has 2 aliphatic carbocycles. The Morgan fingerprint density at radius 3 is 2.94 bits per heavy atom. The second-order valence-electron chi connectivity index (χ2n) is 7.55. The van der Waals surface area contributed by atoms with Crippen molar-refractivity contribution in [1.82, 2.24) is 25.1 Å². The van der Waals surface area contributed by atoms with Crippen molar-refractivity contribution in [2.75, 3.05) is 18.2 Å². The van der Waals surface area contributed by atoms with Crippen molar-refractivity contribution in [2.24, 2.45) is 5.41 Å². The molecule has 3 aromatic rings. The number of aryl methyl sites for hydroxylation is 1. The molecule has 0 aliphatic heterocycles. The minimum absolute atomic E-state index is 0.0148. The van der Waals surface area contributed by atoms with E-state index in [9.17, 15) is 4.39 Å². The average Bonchev–Trinajstić information content (AvgIpc) is 3.58. The second kappa shape index (κ2) is 7.41. The molecule has 0 radical (unpaired) electrons. The molecule has 3 aromatic heterocycles. The number of nitrogens with two attached hydrogens (primary N) is 1. The molecule has 5 rings (SSSR count). The zero-order valence-corrected chi connectivity index (χ0v) is 17.7. The third-order valence-corrected chi connectivity index (χ3v) is 6.25. The second-order valence-corrected chi connectivity index (χ2v) is 8.82. The first kappa shape index (κ1) is 19.6. The highest BCUT2D eigenvalue weighted by Gasteiger charge is 2.69. The van der Waals surface area contributed by atoms with E-state index in [0.717, 1.165) is 28.6 Å². The normalized spacial score (nSPS) is 22.5. The van der Waals surface area contributed by atoms with Gasteiger partial charge in [0, 0.05) is 5.41 Å². The lowest BCUT2D eigenvalue weighted by molar-refractivity contribution is 0.257. The van der Waals surface area contributed by atoms with Gasteiger partial charge in [0.05, 0.1) is 25.5 Å². The van der Waals surface area contributed by atoms with Gasteiger partial charge in [0.25, 0.3) is 5.88 Å². The fourth-order valence-corrected chi connectivity index (χ4v) is 4.21. The van der Waals surface area contributed by atoms with Gasteiger partial charge < -0.3 is 20.5 Å². The van der Waals surface area contributed by atoms with Gasteiger partial charge in [-0.2, -0.15) is 14.4 Å². The van der Waals surface area contributed by atoms with Gasteiger partial charge >= 0.3 is 0 Å². The molecule has 9 nitrogen and oxygen atoms in total. The minimum Gasteiger partial charge on any atom is -0.495 e. The van der Waals surface area contributed by atoms with Gasteiger partial charge in [-0.1, -0.05) is 16.9 Å². The number of anilines is 2. The lowest BCUT2D eigenvalue weighted by atomic mass is 10.3. The lowest BCUT2D eigenvalue weighted by Gasteiger charge is -2.10. The van der Waals surface area contributed by atoms with E-state index in [4.69, 9.17) is 15.2 Å². The molecular weight excluding hydrogens is 421 g/mol. The summed E-state index contributed by atoms with van der Waals surface area (Å²) in [6.07, 6.45) is 5.29. The number of nitrogens with one attached hydrogen (secondary N) is 1. The van der Waals surface area contributed by atoms with Gasteiger partial charge in [-0.3, -0.25) is 4.98 Å². The molecule has 3 heterocycles. The molecule has 160 valence electrons. The number of methoxy groups -OCH3 is 1. The number of ether oxygens (including phenoxy) is 2. The molecule has 11 heteroatoms. The van der Waals surface area contributed by atoms with Crippen LogP contribution in [0.25, 0.3) is 6.08 Å². The van der Waals surface area contributed by atoms with E-state index in [1.807, 2.05) is 25.1 Å². The van der Waals surface area contributed by atoms with Gasteiger partial charge in [-0.15, -0.1) is 10.2 Å². The van der Waals surface area contributed by atoms with Crippen LogP contribution in [0, 0.1) is 18.2 Å². The topological polar surface area (TPSA) is 121 Å². The van der Waals surface area contributed by atoms with Crippen LogP contribution in [0.3, 0.4) is 0 Å². The Bertz CT molecular complexity index is 1170. The van der Waals surface area contributed by atoms with Crippen molar-refractivity contribution < 1.29 is 13.9 Å². The molecule has 0 unspecified atom stereocenters. The van der Waals surface area contributed by atoms with Gasteiger partial charge in [-0.05, 0) is 38.0 Å². The minimum atomic E-state index is -0.666. The zero-order chi connectivity index (χ0) is 21.6. The molecule has 1 spiro atoms. The maximum atomic E-state index is 14.9. The predicted molar refractivity (Wildman–Crippen MR) is 113 cm³/mol. The zero-order valence-electron chi connectivity index (χ0n) is 16.9. The molecule has 2 aliphatic rings. The SMILES string of the molecule is COc1ccc(/C=C2\C[C@]23C[C@H]3Oc2nc(N)nc(NCc3nnc(C)s3)c2F)nc1. The summed E-state index contributed by atoms with van der Waals surface area (Å²) in [5.41, 5.74) is 7.81. The standard InChI is InChI=1S/C20H20FN7O2S/c1-10-27-28-15(31-10)9-24-17-16(21)18(26-19(22)25-17)30-14-7-20(14)6-11(20)5-12-3-4-13(29-2)8-23-12/h3-5,8,14H,6-7,9H2,1-2H3,(H3,22,24,25,26)/b11-5+/t14-,20+/m1/s1. The number of rotatable bonds is 7. The molecule has 2 fully saturated rings. The Labute approximate surface area is 181 Å². The van der Waals surface area contributed by atoms with E-state index in [2.05, 4.69) is 30.5 Å². The first-order valence-corrected chi connectivity index (χ1v) is 10.5. The van der Waals surface area contributed by atoms with E-state index in [0.29, 0.717) is 5.75 Å². The van der Waals surface area contributed by atoms with Gasteiger partial charge in [-0.25, -0.2) is 0 Å². The van der Waals surface area contributed by atoms with E-state index in [1.54, 1.807) is 13.3 Å². The molecule has 0 saturated heterocycles. The van der Waals surface area contributed by atoms with Crippen molar-refractivity contribution >= 4 is 29.2 Å². The highest BCUT2D eigenvalue weighted by molar-refractivity contribution is 7.11. The Morgan fingerprint density at radius 1 is 1.35 bits per heavy atom.